The van der Waals surface area contributed by atoms with Crippen LogP contribution in [0.4, 0.5) is 0 Å². The van der Waals surface area contributed by atoms with Gasteiger partial charge < -0.3 is 5.11 Å². The number of rotatable bonds is 4. The Morgan fingerprint density at radius 2 is 1.93 bits per heavy atom. The van der Waals surface area contributed by atoms with Gasteiger partial charge in [0, 0.05) is 11.0 Å². The molecule has 0 heterocycles. The van der Waals surface area contributed by atoms with Crippen LogP contribution in [0.15, 0.2) is 40.2 Å². The highest BCUT2D eigenvalue weighted by molar-refractivity contribution is 9.11. The molecule has 0 bridgehead atoms. The van der Waals surface area contributed by atoms with Crippen molar-refractivity contribution in [3.8, 4) is 5.75 Å². The number of hydrogen-bond donors (Lipinski definition) is 2. The predicted octanol–water partition coefficient (Wildman–Crippen LogP) is 1.58. The first-order chi connectivity index (χ1) is 6.92. The van der Waals surface area contributed by atoms with Crippen molar-refractivity contribution in [2.75, 3.05) is 6.54 Å². The number of benzene rings is 1. The Bertz CT molecular complexity index is 453. The van der Waals surface area contributed by atoms with Crippen LogP contribution < -0.4 is 4.72 Å². The molecular weight excluding hydrogens is 282 g/mol. The number of nitrogens with one attached hydrogen (secondary N) is 1. The number of phenolic OH excluding ortho intramolecular Hbond substituents is 1. The summed E-state index contributed by atoms with van der Waals surface area (Å²) in [5.41, 5.74) is 0. The van der Waals surface area contributed by atoms with Crippen LogP contribution in [-0.4, -0.2) is 20.1 Å². The van der Waals surface area contributed by atoms with Crippen LogP contribution in [0.2, 0.25) is 0 Å². The van der Waals surface area contributed by atoms with Crippen LogP contribution in [0.3, 0.4) is 0 Å². The minimum absolute atomic E-state index is 0.0267. The molecule has 0 unspecified atom stereocenters. The van der Waals surface area contributed by atoms with Crippen LogP contribution in [0.25, 0.3) is 0 Å². The largest absolute Gasteiger partial charge is 0.508 e. The van der Waals surface area contributed by atoms with Crippen molar-refractivity contribution in [3.63, 3.8) is 0 Å². The lowest BCUT2D eigenvalue weighted by Gasteiger charge is -2.05. The lowest BCUT2D eigenvalue weighted by Crippen LogP contribution is -2.24. The molecular formula is C9H10BrNO3S. The van der Waals surface area contributed by atoms with Crippen LogP contribution in [0.5, 0.6) is 5.75 Å². The molecule has 15 heavy (non-hydrogen) atoms. The van der Waals surface area contributed by atoms with E-state index in [0.717, 1.165) is 0 Å². The van der Waals surface area contributed by atoms with Gasteiger partial charge in [0.2, 0.25) is 10.0 Å². The molecule has 1 rings (SSSR count). The predicted molar refractivity (Wildman–Crippen MR) is 61.4 cm³/mol. The van der Waals surface area contributed by atoms with E-state index in [9.17, 15) is 8.42 Å². The molecule has 82 valence electrons. The molecule has 0 aliphatic rings. The first kappa shape index (κ1) is 12.2. The average Bonchev–Trinajstić information content (AvgIpc) is 2.16. The Morgan fingerprint density at radius 1 is 1.40 bits per heavy atom. The lowest BCUT2D eigenvalue weighted by atomic mass is 10.3. The van der Waals surface area contributed by atoms with E-state index in [4.69, 9.17) is 5.11 Å². The van der Waals surface area contributed by atoms with Gasteiger partial charge in [0.15, 0.2) is 0 Å². The molecule has 1 aromatic carbocycles. The van der Waals surface area contributed by atoms with Crippen molar-refractivity contribution < 1.29 is 13.5 Å². The molecule has 0 aliphatic carbocycles. The third-order valence-electron chi connectivity index (χ3n) is 1.60. The van der Waals surface area contributed by atoms with Crippen molar-refractivity contribution in [2.24, 2.45) is 0 Å². The fourth-order valence-corrected chi connectivity index (χ4v) is 2.23. The molecule has 0 amide bonds. The maximum absolute atomic E-state index is 11.6. The second-order valence-electron chi connectivity index (χ2n) is 2.84. The van der Waals surface area contributed by atoms with Crippen LogP contribution in [0.1, 0.15) is 0 Å². The Morgan fingerprint density at radius 3 is 2.40 bits per heavy atom. The van der Waals surface area contributed by atoms with Gasteiger partial charge in [0.05, 0.1) is 4.90 Å². The fraction of sp³-hybridized carbons (Fsp3) is 0.111. The zero-order chi connectivity index (χ0) is 11.5. The first-order valence-corrected chi connectivity index (χ1v) is 6.31. The van der Waals surface area contributed by atoms with Gasteiger partial charge in [-0.15, -0.1) is 0 Å². The molecule has 0 atom stereocenters. The van der Waals surface area contributed by atoms with E-state index in [-0.39, 0.29) is 17.2 Å². The summed E-state index contributed by atoms with van der Waals surface area (Å²) in [5.74, 6) is 0.0267. The topological polar surface area (TPSA) is 66.4 Å². The summed E-state index contributed by atoms with van der Waals surface area (Å²) in [6.07, 6.45) is 0. The number of phenols is 1. The van der Waals surface area contributed by atoms with Gasteiger partial charge in [-0.05, 0) is 24.3 Å². The van der Waals surface area contributed by atoms with E-state index in [1.807, 2.05) is 0 Å². The standard InChI is InChI=1S/C9H10BrNO3S/c1-7(10)6-11-15(13,14)9-4-2-8(12)3-5-9/h2-5,11-12H,1,6H2. The van der Waals surface area contributed by atoms with Crippen molar-refractivity contribution >= 4 is 26.0 Å². The van der Waals surface area contributed by atoms with E-state index in [1.165, 1.54) is 24.3 Å². The number of sulfonamides is 1. The van der Waals surface area contributed by atoms with Crippen molar-refractivity contribution in [3.05, 3.63) is 35.3 Å². The van der Waals surface area contributed by atoms with Crippen molar-refractivity contribution in [1.82, 2.24) is 4.72 Å². The minimum Gasteiger partial charge on any atom is -0.508 e. The summed E-state index contributed by atoms with van der Waals surface area (Å²) in [4.78, 5) is 0.106. The molecule has 6 heteroatoms. The fourth-order valence-electron chi connectivity index (χ4n) is 0.882. The second kappa shape index (κ2) is 4.78. The van der Waals surface area contributed by atoms with Gasteiger partial charge in [-0.25, -0.2) is 13.1 Å². The number of hydrogen-bond acceptors (Lipinski definition) is 3. The molecule has 0 spiro atoms. The van der Waals surface area contributed by atoms with Gasteiger partial charge in [0.25, 0.3) is 0 Å². The number of aromatic hydroxyl groups is 1. The third kappa shape index (κ3) is 3.65. The van der Waals surface area contributed by atoms with Crippen LogP contribution >= 0.6 is 15.9 Å². The molecule has 0 aliphatic heterocycles. The highest BCUT2D eigenvalue weighted by atomic mass is 79.9. The smallest absolute Gasteiger partial charge is 0.240 e. The molecule has 0 fully saturated rings. The summed E-state index contributed by atoms with van der Waals surface area (Å²) in [6.45, 7) is 3.64. The van der Waals surface area contributed by atoms with Crippen LogP contribution in [-0.2, 0) is 10.0 Å². The SMILES string of the molecule is C=C(Br)CNS(=O)(=O)c1ccc(O)cc1. The van der Waals surface area contributed by atoms with E-state index >= 15 is 0 Å². The van der Waals surface area contributed by atoms with E-state index < -0.39 is 10.0 Å². The van der Waals surface area contributed by atoms with Crippen LogP contribution in [0, 0.1) is 0 Å². The highest BCUT2D eigenvalue weighted by Crippen LogP contribution is 2.14. The Kier molecular flexibility index (Phi) is 3.90. The molecule has 2 N–H and O–H groups in total. The maximum Gasteiger partial charge on any atom is 0.240 e. The Labute approximate surface area is 96.8 Å². The van der Waals surface area contributed by atoms with Gasteiger partial charge in [-0.1, -0.05) is 22.5 Å². The molecule has 0 aromatic heterocycles. The number of halogens is 1. The Hall–Kier alpha value is -0.850. The molecule has 4 nitrogen and oxygen atoms in total. The van der Waals surface area contributed by atoms with Crippen molar-refractivity contribution in [2.45, 2.75) is 4.90 Å². The summed E-state index contributed by atoms with van der Waals surface area (Å²) in [7, 11) is -3.52. The summed E-state index contributed by atoms with van der Waals surface area (Å²) in [5, 5.41) is 9.00. The van der Waals surface area contributed by atoms with Gasteiger partial charge in [0.1, 0.15) is 5.75 Å². The van der Waals surface area contributed by atoms with E-state index in [0.29, 0.717) is 4.48 Å². The minimum atomic E-state index is -3.52. The first-order valence-electron chi connectivity index (χ1n) is 4.04. The molecule has 1 aromatic rings. The zero-order valence-corrected chi connectivity index (χ0v) is 10.2. The summed E-state index contributed by atoms with van der Waals surface area (Å²) in [6, 6.07) is 5.29. The third-order valence-corrected chi connectivity index (χ3v) is 3.30. The average molecular weight is 292 g/mol. The molecule has 0 saturated heterocycles. The second-order valence-corrected chi connectivity index (χ2v) is 5.72. The van der Waals surface area contributed by atoms with Gasteiger partial charge >= 0.3 is 0 Å². The zero-order valence-electron chi connectivity index (χ0n) is 7.77. The highest BCUT2D eigenvalue weighted by Gasteiger charge is 2.12. The van der Waals surface area contributed by atoms with Gasteiger partial charge in [-0.3, -0.25) is 0 Å². The van der Waals surface area contributed by atoms with E-state index in [1.54, 1.807) is 0 Å². The molecule has 0 radical (unpaired) electrons. The van der Waals surface area contributed by atoms with Crippen molar-refractivity contribution in [1.29, 1.82) is 0 Å². The normalized spacial score (nSPS) is 11.3. The lowest BCUT2D eigenvalue weighted by molar-refractivity contribution is 0.474. The quantitative estimate of drug-likeness (QED) is 0.885. The van der Waals surface area contributed by atoms with E-state index in [2.05, 4.69) is 27.2 Å². The van der Waals surface area contributed by atoms with Gasteiger partial charge in [-0.2, -0.15) is 0 Å². The monoisotopic (exact) mass is 291 g/mol. The molecule has 0 saturated carbocycles. The summed E-state index contributed by atoms with van der Waals surface area (Å²) >= 11 is 3.05. The summed E-state index contributed by atoms with van der Waals surface area (Å²) < 4.78 is 26.1. The Balaban J connectivity index is 2.87. The maximum atomic E-state index is 11.6.